The van der Waals surface area contributed by atoms with Gasteiger partial charge in [0.2, 0.25) is 15.9 Å². The van der Waals surface area contributed by atoms with Crippen LogP contribution in [-0.4, -0.2) is 43.7 Å². The summed E-state index contributed by atoms with van der Waals surface area (Å²) in [5.74, 6) is -1.26. The molecular weight excluding hydrogens is 446 g/mol. The monoisotopic (exact) mass is 475 g/mol. The molecule has 0 aliphatic heterocycles. The zero-order valence-corrected chi connectivity index (χ0v) is 19.6. The summed E-state index contributed by atoms with van der Waals surface area (Å²) >= 11 is 0. The maximum Gasteiger partial charge on any atom is 0.312 e. The molecule has 10 nitrogen and oxygen atoms in total. The van der Waals surface area contributed by atoms with Gasteiger partial charge in [0.15, 0.2) is 0 Å². The Morgan fingerprint density at radius 3 is 2.21 bits per heavy atom. The molecule has 0 fully saturated rings. The van der Waals surface area contributed by atoms with E-state index in [1.54, 1.807) is 26.0 Å². The predicted molar refractivity (Wildman–Crippen MR) is 123 cm³/mol. The zero-order chi connectivity index (χ0) is 24.6. The topological polar surface area (TPSA) is 151 Å². The molecule has 11 heteroatoms. The first-order chi connectivity index (χ1) is 15.6. The molecule has 1 atom stereocenters. The summed E-state index contributed by atoms with van der Waals surface area (Å²) < 4.78 is 26.6. The molecule has 2 aromatic rings. The van der Waals surface area contributed by atoms with Crippen molar-refractivity contribution in [2.45, 2.75) is 38.1 Å². The Kier molecular flexibility index (Phi) is 8.94. The molecular formula is C22H29N5O5S. The molecule has 0 aliphatic carbocycles. The van der Waals surface area contributed by atoms with Gasteiger partial charge in [0, 0.05) is 18.7 Å². The minimum Gasteiger partial charge on any atom is -0.352 e. The fourth-order valence-corrected chi connectivity index (χ4v) is 4.67. The summed E-state index contributed by atoms with van der Waals surface area (Å²) in [7, 11) is -3.74. The SMILES string of the molecule is CCN(CC)S(=O)(=O)c1cccc(C(=O)NNC(=O)C[C@@H](NC(N)=O)c2ccc(C)cc2)c1. The van der Waals surface area contributed by atoms with Crippen molar-refractivity contribution in [3.63, 3.8) is 0 Å². The maximum atomic E-state index is 12.7. The first kappa shape index (κ1) is 25.8. The Hall–Kier alpha value is -3.44. The van der Waals surface area contributed by atoms with Gasteiger partial charge in [-0.05, 0) is 30.7 Å². The van der Waals surface area contributed by atoms with Gasteiger partial charge in [0.1, 0.15) is 0 Å². The number of primary amides is 1. The van der Waals surface area contributed by atoms with Crippen molar-refractivity contribution in [3.8, 4) is 0 Å². The average Bonchev–Trinajstić information content (AvgIpc) is 2.78. The molecule has 0 spiro atoms. The number of amides is 4. The van der Waals surface area contributed by atoms with Crippen LogP contribution in [0, 0.1) is 6.92 Å². The van der Waals surface area contributed by atoms with E-state index in [2.05, 4.69) is 16.2 Å². The van der Waals surface area contributed by atoms with Crippen LogP contribution in [0.15, 0.2) is 53.4 Å². The number of sulfonamides is 1. The number of rotatable bonds is 9. The normalized spacial score (nSPS) is 12.1. The third kappa shape index (κ3) is 7.02. The van der Waals surface area contributed by atoms with Crippen LogP contribution in [0.2, 0.25) is 0 Å². The lowest BCUT2D eigenvalue weighted by molar-refractivity contribution is -0.122. The van der Waals surface area contributed by atoms with Crippen molar-refractivity contribution in [1.82, 2.24) is 20.5 Å². The quantitative estimate of drug-likeness (QED) is 0.406. The van der Waals surface area contributed by atoms with Gasteiger partial charge in [-0.25, -0.2) is 13.2 Å². The summed E-state index contributed by atoms with van der Waals surface area (Å²) in [6.07, 6.45) is -0.178. The molecule has 0 aliphatic rings. The Labute approximate surface area is 193 Å². The molecule has 5 N–H and O–H groups in total. The van der Waals surface area contributed by atoms with Crippen LogP contribution in [0.5, 0.6) is 0 Å². The van der Waals surface area contributed by atoms with Gasteiger partial charge in [-0.3, -0.25) is 20.4 Å². The van der Waals surface area contributed by atoms with E-state index in [1.165, 1.54) is 28.6 Å². The fraction of sp³-hybridized carbons (Fsp3) is 0.318. The number of urea groups is 1. The molecule has 0 saturated carbocycles. The number of aryl methyl sites for hydroxylation is 1. The van der Waals surface area contributed by atoms with Crippen LogP contribution in [-0.2, 0) is 14.8 Å². The number of hydrazine groups is 1. The fourth-order valence-electron chi connectivity index (χ4n) is 3.17. The third-order valence-corrected chi connectivity index (χ3v) is 6.99. The number of carbonyl (C=O) groups excluding carboxylic acids is 3. The molecule has 178 valence electrons. The van der Waals surface area contributed by atoms with Gasteiger partial charge in [0.25, 0.3) is 5.91 Å². The van der Waals surface area contributed by atoms with Gasteiger partial charge < -0.3 is 11.1 Å². The molecule has 2 rings (SSSR count). The molecule has 0 radical (unpaired) electrons. The van der Waals surface area contributed by atoms with Crippen LogP contribution >= 0.6 is 0 Å². The molecule has 0 unspecified atom stereocenters. The van der Waals surface area contributed by atoms with E-state index in [9.17, 15) is 22.8 Å². The van der Waals surface area contributed by atoms with Crippen molar-refractivity contribution in [2.75, 3.05) is 13.1 Å². The molecule has 4 amide bonds. The van der Waals surface area contributed by atoms with Gasteiger partial charge in [-0.1, -0.05) is 49.7 Å². The lowest BCUT2D eigenvalue weighted by Crippen LogP contribution is -2.44. The van der Waals surface area contributed by atoms with Crippen LogP contribution in [0.3, 0.4) is 0 Å². The third-order valence-electron chi connectivity index (χ3n) is 4.94. The highest BCUT2D eigenvalue weighted by molar-refractivity contribution is 7.89. The smallest absolute Gasteiger partial charge is 0.312 e. The molecule has 0 bridgehead atoms. The summed E-state index contributed by atoms with van der Waals surface area (Å²) in [6.45, 7) is 5.96. The van der Waals surface area contributed by atoms with E-state index >= 15 is 0 Å². The van der Waals surface area contributed by atoms with E-state index in [0.717, 1.165) is 5.56 Å². The standard InChI is InChI=1S/C22H29N5O5S/c1-4-27(5-2)33(31,32)18-8-6-7-17(13-18)21(29)26-25-20(28)14-19(24-22(23)30)16-11-9-15(3)10-12-16/h6-13,19H,4-5,14H2,1-3H3,(H,25,28)(H,26,29)(H3,23,24,30)/t19-/m1/s1. The Bertz CT molecular complexity index is 1100. The molecule has 0 heterocycles. The predicted octanol–water partition coefficient (Wildman–Crippen LogP) is 1.59. The molecule has 33 heavy (non-hydrogen) atoms. The highest BCUT2D eigenvalue weighted by Gasteiger charge is 2.23. The molecule has 0 saturated heterocycles. The van der Waals surface area contributed by atoms with Gasteiger partial charge in [0.05, 0.1) is 17.4 Å². The van der Waals surface area contributed by atoms with E-state index in [-0.39, 0.29) is 16.9 Å². The number of nitrogens with zero attached hydrogens (tertiary/aromatic N) is 1. The number of benzene rings is 2. The molecule has 2 aromatic carbocycles. The first-order valence-corrected chi connectivity index (χ1v) is 11.8. The summed E-state index contributed by atoms with van der Waals surface area (Å²) in [4.78, 5) is 36.2. The number of nitrogens with two attached hydrogens (primary N) is 1. The van der Waals surface area contributed by atoms with Crippen molar-refractivity contribution in [2.24, 2.45) is 5.73 Å². The van der Waals surface area contributed by atoms with Gasteiger partial charge in [-0.2, -0.15) is 4.31 Å². The van der Waals surface area contributed by atoms with E-state index in [0.29, 0.717) is 18.7 Å². The van der Waals surface area contributed by atoms with Crippen LogP contribution in [0.1, 0.15) is 47.8 Å². The number of hydrogen-bond donors (Lipinski definition) is 4. The second kappa shape index (κ2) is 11.4. The number of carbonyl (C=O) groups is 3. The highest BCUT2D eigenvalue weighted by atomic mass is 32.2. The molecule has 0 aromatic heterocycles. The summed E-state index contributed by atoms with van der Waals surface area (Å²) in [6, 6.07) is 11.3. The Morgan fingerprint density at radius 1 is 1.00 bits per heavy atom. The average molecular weight is 476 g/mol. The maximum absolute atomic E-state index is 12.7. The highest BCUT2D eigenvalue weighted by Crippen LogP contribution is 2.18. The van der Waals surface area contributed by atoms with Gasteiger partial charge >= 0.3 is 6.03 Å². The Balaban J connectivity index is 2.06. The largest absolute Gasteiger partial charge is 0.352 e. The van der Waals surface area contributed by atoms with E-state index in [4.69, 9.17) is 5.73 Å². The first-order valence-electron chi connectivity index (χ1n) is 10.4. The van der Waals surface area contributed by atoms with Gasteiger partial charge in [-0.15, -0.1) is 0 Å². The minimum absolute atomic E-state index is 0.0183. The van der Waals surface area contributed by atoms with Crippen LogP contribution in [0.25, 0.3) is 0 Å². The lowest BCUT2D eigenvalue weighted by atomic mass is 10.0. The number of hydrogen-bond acceptors (Lipinski definition) is 5. The van der Waals surface area contributed by atoms with Crippen LogP contribution in [0.4, 0.5) is 4.79 Å². The number of nitrogens with one attached hydrogen (secondary N) is 3. The van der Waals surface area contributed by atoms with Crippen molar-refractivity contribution in [1.29, 1.82) is 0 Å². The summed E-state index contributed by atoms with van der Waals surface area (Å²) in [5, 5.41) is 2.51. The van der Waals surface area contributed by atoms with Crippen molar-refractivity contribution < 1.29 is 22.8 Å². The second-order valence-corrected chi connectivity index (χ2v) is 9.23. The zero-order valence-electron chi connectivity index (χ0n) is 18.8. The lowest BCUT2D eigenvalue weighted by Gasteiger charge is -2.19. The van der Waals surface area contributed by atoms with E-state index < -0.39 is 33.9 Å². The second-order valence-electron chi connectivity index (χ2n) is 7.30. The van der Waals surface area contributed by atoms with E-state index in [1.807, 2.05) is 19.1 Å². The van der Waals surface area contributed by atoms with Crippen molar-refractivity contribution in [3.05, 3.63) is 65.2 Å². The minimum atomic E-state index is -3.74. The van der Waals surface area contributed by atoms with Crippen molar-refractivity contribution >= 4 is 27.9 Å². The van der Waals surface area contributed by atoms with Crippen LogP contribution < -0.4 is 21.9 Å². The Morgan fingerprint density at radius 2 is 1.64 bits per heavy atom. The summed E-state index contributed by atoms with van der Waals surface area (Å²) in [5.41, 5.74) is 11.5.